The van der Waals surface area contributed by atoms with E-state index in [4.69, 9.17) is 4.74 Å². The fraction of sp³-hybridized carbons (Fsp3) is 0.400. The highest BCUT2D eigenvalue weighted by Crippen LogP contribution is 2.27. The molecule has 0 N–H and O–H groups in total. The molecule has 0 spiro atoms. The van der Waals surface area contributed by atoms with E-state index >= 15 is 0 Å². The molecule has 0 aliphatic rings. The predicted molar refractivity (Wildman–Crippen MR) is 73.3 cm³/mol. The van der Waals surface area contributed by atoms with Gasteiger partial charge >= 0.3 is 0 Å². The predicted octanol–water partition coefficient (Wildman–Crippen LogP) is 3.51. The fourth-order valence-electron chi connectivity index (χ4n) is 2.17. The minimum atomic E-state index is 0.0167. The Morgan fingerprint density at radius 3 is 2.67 bits per heavy atom. The number of ketones is 1. The van der Waals surface area contributed by atoms with Gasteiger partial charge in [0.1, 0.15) is 5.75 Å². The Morgan fingerprint density at radius 2 is 2.11 bits per heavy atom. The molecule has 0 saturated carbocycles. The largest absolute Gasteiger partial charge is 0.497 e. The standard InChI is InChI=1S/C15H19NO2/c1-5-16-9-13(15(17)10(2)3)12-7-6-11(18-4)8-14(12)16/h6-10H,5H2,1-4H3. The average Bonchev–Trinajstić information content (AvgIpc) is 2.75. The maximum absolute atomic E-state index is 12.2. The van der Waals surface area contributed by atoms with E-state index in [2.05, 4.69) is 11.5 Å². The van der Waals surface area contributed by atoms with Crippen molar-refractivity contribution in [2.45, 2.75) is 27.3 Å². The van der Waals surface area contributed by atoms with Crippen molar-refractivity contribution in [1.82, 2.24) is 4.57 Å². The van der Waals surface area contributed by atoms with Crippen molar-refractivity contribution < 1.29 is 9.53 Å². The molecule has 1 aromatic carbocycles. The maximum Gasteiger partial charge on any atom is 0.167 e. The molecule has 0 amide bonds. The number of hydrogen-bond acceptors (Lipinski definition) is 2. The van der Waals surface area contributed by atoms with Crippen LogP contribution in [0.1, 0.15) is 31.1 Å². The summed E-state index contributed by atoms with van der Waals surface area (Å²) in [5.41, 5.74) is 1.87. The van der Waals surface area contributed by atoms with Gasteiger partial charge in [0, 0.05) is 35.7 Å². The van der Waals surface area contributed by atoms with Gasteiger partial charge in [0.05, 0.1) is 12.6 Å². The van der Waals surface area contributed by atoms with Crippen LogP contribution in [0.2, 0.25) is 0 Å². The number of fused-ring (bicyclic) bond motifs is 1. The molecule has 0 radical (unpaired) electrons. The van der Waals surface area contributed by atoms with Gasteiger partial charge in [-0.15, -0.1) is 0 Å². The molecule has 2 rings (SSSR count). The first-order chi connectivity index (χ1) is 8.58. The molecule has 0 aliphatic carbocycles. The van der Waals surface area contributed by atoms with Gasteiger partial charge in [-0.1, -0.05) is 13.8 Å². The molecule has 0 unspecified atom stereocenters. The third-order valence-electron chi connectivity index (χ3n) is 3.22. The van der Waals surface area contributed by atoms with Crippen LogP contribution in [0, 0.1) is 5.92 Å². The number of benzene rings is 1. The number of aryl methyl sites for hydroxylation is 1. The maximum atomic E-state index is 12.2. The van der Waals surface area contributed by atoms with Crippen molar-refractivity contribution in [1.29, 1.82) is 0 Å². The van der Waals surface area contributed by atoms with Crippen LogP contribution >= 0.6 is 0 Å². The number of Topliss-reactive ketones (excluding diaryl/α,β-unsaturated/α-hetero) is 1. The van der Waals surface area contributed by atoms with Crippen molar-refractivity contribution in [3.63, 3.8) is 0 Å². The molecule has 0 fully saturated rings. The lowest BCUT2D eigenvalue weighted by atomic mass is 10.0. The zero-order valence-corrected chi connectivity index (χ0v) is 11.4. The first-order valence-corrected chi connectivity index (χ1v) is 6.29. The normalized spacial score (nSPS) is 11.2. The van der Waals surface area contributed by atoms with Crippen LogP contribution in [-0.4, -0.2) is 17.5 Å². The number of hydrogen-bond donors (Lipinski definition) is 0. The van der Waals surface area contributed by atoms with Crippen molar-refractivity contribution in [3.05, 3.63) is 30.0 Å². The summed E-state index contributed by atoms with van der Waals surface area (Å²) in [6, 6.07) is 5.85. The summed E-state index contributed by atoms with van der Waals surface area (Å²) in [5, 5.41) is 1.01. The molecule has 3 heteroatoms. The smallest absolute Gasteiger partial charge is 0.167 e. The lowest BCUT2D eigenvalue weighted by Crippen LogP contribution is -2.06. The summed E-state index contributed by atoms with van der Waals surface area (Å²) in [6.45, 7) is 6.78. The van der Waals surface area contributed by atoms with Gasteiger partial charge in [-0.2, -0.15) is 0 Å². The van der Waals surface area contributed by atoms with Gasteiger partial charge in [0.2, 0.25) is 0 Å². The van der Waals surface area contributed by atoms with Crippen LogP contribution in [-0.2, 0) is 6.54 Å². The highest BCUT2D eigenvalue weighted by atomic mass is 16.5. The quantitative estimate of drug-likeness (QED) is 0.772. The highest BCUT2D eigenvalue weighted by Gasteiger charge is 2.17. The third-order valence-corrected chi connectivity index (χ3v) is 3.22. The Bertz CT molecular complexity index is 581. The topological polar surface area (TPSA) is 31.2 Å². The summed E-state index contributed by atoms with van der Waals surface area (Å²) in [6.07, 6.45) is 1.95. The summed E-state index contributed by atoms with van der Waals surface area (Å²) < 4.78 is 7.33. The zero-order valence-electron chi connectivity index (χ0n) is 11.4. The van der Waals surface area contributed by atoms with Gasteiger partial charge in [-0.25, -0.2) is 0 Å². The highest BCUT2D eigenvalue weighted by molar-refractivity contribution is 6.09. The number of methoxy groups -OCH3 is 1. The molecule has 1 heterocycles. The number of rotatable bonds is 4. The van der Waals surface area contributed by atoms with Gasteiger partial charge in [-0.05, 0) is 19.1 Å². The first-order valence-electron chi connectivity index (χ1n) is 6.29. The minimum Gasteiger partial charge on any atom is -0.497 e. The number of aromatic nitrogens is 1. The first kappa shape index (κ1) is 12.7. The van der Waals surface area contributed by atoms with E-state index in [0.717, 1.165) is 28.8 Å². The molecule has 0 bridgehead atoms. The number of nitrogens with zero attached hydrogens (tertiary/aromatic N) is 1. The molecule has 0 atom stereocenters. The van der Waals surface area contributed by atoms with Gasteiger partial charge in [0.25, 0.3) is 0 Å². The molecule has 3 nitrogen and oxygen atoms in total. The lowest BCUT2D eigenvalue weighted by Gasteiger charge is -2.03. The van der Waals surface area contributed by atoms with Crippen molar-refractivity contribution in [2.24, 2.45) is 5.92 Å². The van der Waals surface area contributed by atoms with Crippen LogP contribution in [0.4, 0.5) is 0 Å². The molecule has 1 aromatic heterocycles. The number of carbonyl (C=O) groups is 1. The third kappa shape index (κ3) is 2.01. The molecular formula is C15H19NO2. The summed E-state index contributed by atoms with van der Waals surface area (Å²) in [7, 11) is 1.65. The molecule has 2 aromatic rings. The molecule has 96 valence electrons. The lowest BCUT2D eigenvalue weighted by molar-refractivity contribution is 0.0941. The fourth-order valence-corrected chi connectivity index (χ4v) is 2.17. The second-order valence-electron chi connectivity index (χ2n) is 4.73. The van der Waals surface area contributed by atoms with Crippen molar-refractivity contribution >= 4 is 16.7 Å². The molecule has 0 aliphatic heterocycles. The van der Waals surface area contributed by atoms with E-state index in [9.17, 15) is 4.79 Å². The summed E-state index contributed by atoms with van der Waals surface area (Å²) in [4.78, 5) is 12.2. The van der Waals surface area contributed by atoms with E-state index in [0.29, 0.717) is 0 Å². The second kappa shape index (κ2) is 4.84. The van der Waals surface area contributed by atoms with Crippen LogP contribution < -0.4 is 4.74 Å². The Balaban J connectivity index is 2.66. The van der Waals surface area contributed by atoms with Crippen LogP contribution in [0.5, 0.6) is 5.75 Å². The number of ether oxygens (including phenoxy) is 1. The van der Waals surface area contributed by atoms with E-state index in [-0.39, 0.29) is 11.7 Å². The molecule has 0 saturated heterocycles. The van der Waals surface area contributed by atoms with Crippen molar-refractivity contribution in [3.8, 4) is 5.75 Å². The van der Waals surface area contributed by atoms with Gasteiger partial charge in [0.15, 0.2) is 5.78 Å². The Morgan fingerprint density at radius 1 is 1.39 bits per heavy atom. The Hall–Kier alpha value is -1.77. The van der Waals surface area contributed by atoms with Gasteiger partial charge < -0.3 is 9.30 Å². The van der Waals surface area contributed by atoms with Crippen LogP contribution in [0.25, 0.3) is 10.9 Å². The Kier molecular flexibility index (Phi) is 3.41. The SMILES string of the molecule is CCn1cc(C(=O)C(C)C)c2ccc(OC)cc21. The van der Waals surface area contributed by atoms with E-state index in [1.165, 1.54) is 0 Å². The van der Waals surface area contributed by atoms with Crippen molar-refractivity contribution in [2.75, 3.05) is 7.11 Å². The number of carbonyl (C=O) groups excluding carboxylic acids is 1. The average molecular weight is 245 g/mol. The molecular weight excluding hydrogens is 226 g/mol. The van der Waals surface area contributed by atoms with Crippen LogP contribution in [0.15, 0.2) is 24.4 Å². The monoisotopic (exact) mass is 245 g/mol. The van der Waals surface area contributed by atoms with E-state index < -0.39 is 0 Å². The summed E-state index contributed by atoms with van der Waals surface area (Å²) in [5.74, 6) is 1.03. The summed E-state index contributed by atoms with van der Waals surface area (Å²) >= 11 is 0. The second-order valence-corrected chi connectivity index (χ2v) is 4.73. The van der Waals surface area contributed by atoms with E-state index in [1.807, 2.05) is 38.2 Å². The van der Waals surface area contributed by atoms with E-state index in [1.54, 1.807) is 7.11 Å². The Labute approximate surface area is 107 Å². The zero-order chi connectivity index (χ0) is 13.3. The minimum absolute atomic E-state index is 0.0167. The molecule has 18 heavy (non-hydrogen) atoms. The van der Waals surface area contributed by atoms with Crippen LogP contribution in [0.3, 0.4) is 0 Å². The van der Waals surface area contributed by atoms with Gasteiger partial charge in [-0.3, -0.25) is 4.79 Å².